The van der Waals surface area contributed by atoms with Gasteiger partial charge in [0.25, 0.3) is 5.91 Å². The van der Waals surface area contributed by atoms with Crippen molar-refractivity contribution in [1.82, 2.24) is 15.3 Å². The minimum atomic E-state index is -0.239. The van der Waals surface area contributed by atoms with Gasteiger partial charge < -0.3 is 24.1 Å². The minimum Gasteiger partial charge on any atom is -0.497 e. The molecular weight excluding hydrogens is 370 g/mol. The Morgan fingerprint density at radius 1 is 0.966 bits per heavy atom. The van der Waals surface area contributed by atoms with Gasteiger partial charge in [0.05, 0.1) is 33.9 Å². The zero-order valence-electron chi connectivity index (χ0n) is 16.8. The van der Waals surface area contributed by atoms with Crippen LogP contribution >= 0.6 is 0 Å². The highest BCUT2D eigenvalue weighted by atomic mass is 16.5. The fourth-order valence-electron chi connectivity index (χ4n) is 3.78. The van der Waals surface area contributed by atoms with Crippen molar-refractivity contribution in [3.63, 3.8) is 0 Å². The minimum absolute atomic E-state index is 0.0225. The number of amides is 1. The summed E-state index contributed by atoms with van der Waals surface area (Å²) in [5.74, 6) is 2.25. The zero-order valence-corrected chi connectivity index (χ0v) is 16.8. The Morgan fingerprint density at radius 2 is 1.72 bits per heavy atom. The average Bonchev–Trinajstić information content (AvgIpc) is 3.21. The van der Waals surface area contributed by atoms with E-state index in [4.69, 9.17) is 14.2 Å². The maximum atomic E-state index is 13.1. The second kappa shape index (κ2) is 8.05. The van der Waals surface area contributed by atoms with Crippen LogP contribution in [0.15, 0.2) is 54.9 Å². The van der Waals surface area contributed by atoms with E-state index in [1.54, 1.807) is 26.2 Å². The Balaban J connectivity index is 1.47. The molecule has 2 aromatic rings. The predicted molar refractivity (Wildman–Crippen MR) is 108 cm³/mol. The lowest BCUT2D eigenvalue weighted by Gasteiger charge is -2.31. The molecule has 1 N–H and O–H groups in total. The van der Waals surface area contributed by atoms with E-state index in [2.05, 4.69) is 5.43 Å². The quantitative estimate of drug-likeness (QED) is 0.812. The van der Waals surface area contributed by atoms with Gasteiger partial charge in [-0.25, -0.2) is 5.43 Å². The Bertz CT molecular complexity index is 913. The van der Waals surface area contributed by atoms with Gasteiger partial charge in [-0.05, 0) is 41.8 Å². The largest absolute Gasteiger partial charge is 0.497 e. The number of hydrogen-bond acceptors (Lipinski definition) is 6. The fourth-order valence-corrected chi connectivity index (χ4v) is 3.78. The molecular formula is C22H25N3O4. The van der Waals surface area contributed by atoms with Crippen LogP contribution in [0.5, 0.6) is 17.2 Å². The highest BCUT2D eigenvalue weighted by Gasteiger charge is 2.40. The second-order valence-electron chi connectivity index (χ2n) is 7.07. The highest BCUT2D eigenvalue weighted by molar-refractivity contribution is 5.84. The third-order valence-electron chi connectivity index (χ3n) is 5.40. The monoisotopic (exact) mass is 395 g/mol. The van der Waals surface area contributed by atoms with Crippen LogP contribution in [0, 0.1) is 0 Å². The number of ether oxygens (including phenoxy) is 3. The molecule has 152 valence electrons. The molecule has 0 aromatic heterocycles. The Hall–Kier alpha value is -3.19. The van der Waals surface area contributed by atoms with Crippen LogP contribution in [0.4, 0.5) is 0 Å². The SMILES string of the molecule is COc1ccc(CN2C=CN3NC(c4ccc(OC)c(OC)c4)CC3C2=O)cc1. The molecule has 0 bridgehead atoms. The van der Waals surface area contributed by atoms with Crippen molar-refractivity contribution >= 4 is 5.91 Å². The number of nitrogens with one attached hydrogen (secondary N) is 1. The molecule has 2 heterocycles. The number of nitrogens with zero attached hydrogens (tertiary/aromatic N) is 2. The van der Waals surface area contributed by atoms with Crippen LogP contribution in [0.3, 0.4) is 0 Å². The van der Waals surface area contributed by atoms with Crippen LogP contribution in [-0.2, 0) is 11.3 Å². The molecule has 0 radical (unpaired) electrons. The maximum Gasteiger partial charge on any atom is 0.251 e. The summed E-state index contributed by atoms with van der Waals surface area (Å²) in [6.45, 7) is 0.532. The summed E-state index contributed by atoms with van der Waals surface area (Å²) in [6, 6.07) is 13.4. The van der Waals surface area contributed by atoms with Gasteiger partial charge in [0.2, 0.25) is 0 Å². The average molecular weight is 395 g/mol. The molecule has 7 nitrogen and oxygen atoms in total. The fraction of sp³-hybridized carbons (Fsp3) is 0.318. The molecule has 2 aliphatic heterocycles. The van der Waals surface area contributed by atoms with Crippen LogP contribution < -0.4 is 19.6 Å². The number of carbonyl (C=O) groups excluding carboxylic acids is 1. The number of carbonyl (C=O) groups is 1. The molecule has 1 fully saturated rings. The van der Waals surface area contributed by atoms with Gasteiger partial charge in [-0.1, -0.05) is 18.2 Å². The second-order valence-corrected chi connectivity index (χ2v) is 7.07. The summed E-state index contributed by atoms with van der Waals surface area (Å²) < 4.78 is 15.9. The molecule has 0 saturated carbocycles. The van der Waals surface area contributed by atoms with Crippen molar-refractivity contribution in [2.75, 3.05) is 21.3 Å². The van der Waals surface area contributed by atoms with Crippen LogP contribution in [0.25, 0.3) is 0 Å². The van der Waals surface area contributed by atoms with Crippen LogP contribution in [-0.4, -0.2) is 43.2 Å². The van der Waals surface area contributed by atoms with Crippen molar-refractivity contribution in [2.45, 2.75) is 25.0 Å². The summed E-state index contributed by atoms with van der Waals surface area (Å²) >= 11 is 0. The van der Waals surface area contributed by atoms with Crippen molar-refractivity contribution in [3.8, 4) is 17.2 Å². The van der Waals surface area contributed by atoms with E-state index in [1.807, 2.05) is 59.9 Å². The van der Waals surface area contributed by atoms with E-state index in [0.29, 0.717) is 24.5 Å². The summed E-state index contributed by atoms with van der Waals surface area (Å²) in [6.07, 6.45) is 4.43. The summed E-state index contributed by atoms with van der Waals surface area (Å²) in [4.78, 5) is 14.8. The Kier molecular flexibility index (Phi) is 5.31. The molecule has 2 aromatic carbocycles. The number of rotatable bonds is 6. The standard InChI is InChI=1S/C22H25N3O4/c1-27-17-7-4-15(5-8-17)14-24-10-11-25-19(22(24)26)13-18(23-25)16-6-9-20(28-2)21(12-16)29-3/h4-12,18-19,23H,13-14H2,1-3H3. The van der Waals surface area contributed by atoms with E-state index in [1.165, 1.54) is 0 Å². The maximum absolute atomic E-state index is 13.1. The summed E-state index contributed by atoms with van der Waals surface area (Å²) in [5.41, 5.74) is 5.52. The molecule has 0 aliphatic carbocycles. The molecule has 4 rings (SSSR count). The molecule has 0 spiro atoms. The summed E-state index contributed by atoms with van der Waals surface area (Å²) in [5, 5.41) is 1.90. The third-order valence-corrected chi connectivity index (χ3v) is 5.40. The smallest absolute Gasteiger partial charge is 0.251 e. The van der Waals surface area contributed by atoms with Crippen molar-refractivity contribution in [1.29, 1.82) is 0 Å². The van der Waals surface area contributed by atoms with Gasteiger partial charge in [0.1, 0.15) is 11.8 Å². The molecule has 2 aliphatic rings. The van der Waals surface area contributed by atoms with E-state index in [-0.39, 0.29) is 18.0 Å². The van der Waals surface area contributed by atoms with Gasteiger partial charge in [-0.15, -0.1) is 0 Å². The lowest BCUT2D eigenvalue weighted by atomic mass is 10.00. The van der Waals surface area contributed by atoms with E-state index in [9.17, 15) is 4.79 Å². The molecule has 2 unspecified atom stereocenters. The lowest BCUT2D eigenvalue weighted by Crippen LogP contribution is -2.47. The summed E-state index contributed by atoms with van der Waals surface area (Å²) in [7, 11) is 4.88. The molecule has 1 saturated heterocycles. The zero-order chi connectivity index (χ0) is 20.4. The molecule has 2 atom stereocenters. The first kappa shape index (κ1) is 19.1. The number of hydrogen-bond donors (Lipinski definition) is 1. The molecule has 1 amide bonds. The number of fused-ring (bicyclic) bond motifs is 1. The van der Waals surface area contributed by atoms with Gasteiger partial charge >= 0.3 is 0 Å². The first-order valence-electron chi connectivity index (χ1n) is 9.51. The molecule has 29 heavy (non-hydrogen) atoms. The third kappa shape index (κ3) is 3.73. The van der Waals surface area contributed by atoms with Crippen molar-refractivity contribution < 1.29 is 19.0 Å². The number of hydrazine groups is 1. The van der Waals surface area contributed by atoms with E-state index < -0.39 is 0 Å². The van der Waals surface area contributed by atoms with Gasteiger partial charge in [-0.2, -0.15) is 0 Å². The first-order chi connectivity index (χ1) is 14.1. The van der Waals surface area contributed by atoms with Gasteiger partial charge in [0.15, 0.2) is 11.5 Å². The van der Waals surface area contributed by atoms with Crippen LogP contribution in [0.1, 0.15) is 23.6 Å². The highest BCUT2D eigenvalue weighted by Crippen LogP contribution is 2.35. The van der Waals surface area contributed by atoms with Crippen molar-refractivity contribution in [2.24, 2.45) is 0 Å². The van der Waals surface area contributed by atoms with Crippen LogP contribution in [0.2, 0.25) is 0 Å². The van der Waals surface area contributed by atoms with Gasteiger partial charge in [-0.3, -0.25) is 4.79 Å². The Morgan fingerprint density at radius 3 is 2.41 bits per heavy atom. The normalized spacial score (nSPS) is 20.6. The van der Waals surface area contributed by atoms with E-state index >= 15 is 0 Å². The lowest BCUT2D eigenvalue weighted by molar-refractivity contribution is -0.134. The van der Waals surface area contributed by atoms with Crippen molar-refractivity contribution in [3.05, 3.63) is 66.0 Å². The molecule has 7 heteroatoms. The topological polar surface area (TPSA) is 63.3 Å². The van der Waals surface area contributed by atoms with Gasteiger partial charge in [0, 0.05) is 12.4 Å². The number of methoxy groups -OCH3 is 3. The Labute approximate surface area is 170 Å². The first-order valence-corrected chi connectivity index (χ1v) is 9.51. The number of benzene rings is 2. The van der Waals surface area contributed by atoms with E-state index in [0.717, 1.165) is 16.9 Å². The predicted octanol–water partition coefficient (Wildman–Crippen LogP) is 2.85.